The Kier molecular flexibility index (Phi) is 6.19. The van der Waals surface area contributed by atoms with Crippen LogP contribution in [0.5, 0.6) is 0 Å². The quantitative estimate of drug-likeness (QED) is 0.504. The average Bonchev–Trinajstić information content (AvgIpc) is 2.73. The van der Waals surface area contributed by atoms with E-state index in [9.17, 15) is 35.9 Å². The first-order chi connectivity index (χ1) is 14.9. The molecule has 0 atom stereocenters. The second-order valence-corrected chi connectivity index (χ2v) is 6.47. The maximum Gasteiger partial charge on any atom is 0.416 e. The highest BCUT2D eigenvalue weighted by Gasteiger charge is 2.30. The molecule has 0 aliphatic rings. The van der Waals surface area contributed by atoms with Crippen molar-refractivity contribution in [1.82, 2.24) is 4.98 Å². The number of carbonyl (C=O) groups excluding carboxylic acids is 2. The summed E-state index contributed by atoms with van der Waals surface area (Å²) in [5.74, 6) is -1.54. The van der Waals surface area contributed by atoms with Crippen LogP contribution in [0, 0.1) is 0 Å². The number of halogens is 6. The number of benzene rings is 2. The molecule has 0 radical (unpaired) electrons. The lowest BCUT2D eigenvalue weighted by Crippen LogP contribution is -2.18. The fraction of sp³-hybridized carbons (Fsp3) is 0.0952. The van der Waals surface area contributed by atoms with Crippen molar-refractivity contribution in [2.24, 2.45) is 0 Å². The second kappa shape index (κ2) is 8.69. The zero-order valence-electron chi connectivity index (χ0n) is 15.9. The monoisotopic (exact) mass is 453 g/mol. The Morgan fingerprint density at radius 3 is 1.25 bits per heavy atom. The van der Waals surface area contributed by atoms with Crippen LogP contribution in [0.3, 0.4) is 0 Å². The molecule has 3 rings (SSSR count). The van der Waals surface area contributed by atoms with Crippen molar-refractivity contribution in [3.05, 3.63) is 89.2 Å². The van der Waals surface area contributed by atoms with Crippen molar-refractivity contribution < 1.29 is 35.9 Å². The van der Waals surface area contributed by atoms with E-state index in [2.05, 4.69) is 15.6 Å². The van der Waals surface area contributed by atoms with Crippen molar-refractivity contribution in [3.8, 4) is 0 Å². The Balaban J connectivity index is 1.69. The predicted octanol–water partition coefficient (Wildman–Crippen LogP) is 5.62. The molecule has 0 saturated carbocycles. The van der Waals surface area contributed by atoms with E-state index < -0.39 is 35.3 Å². The maximum absolute atomic E-state index is 12.6. The molecule has 0 aliphatic heterocycles. The summed E-state index contributed by atoms with van der Waals surface area (Å²) in [6.45, 7) is 0. The Labute approximate surface area is 177 Å². The van der Waals surface area contributed by atoms with Gasteiger partial charge in [-0.3, -0.25) is 9.59 Å². The second-order valence-electron chi connectivity index (χ2n) is 6.47. The van der Waals surface area contributed by atoms with E-state index in [0.717, 1.165) is 48.5 Å². The first kappa shape index (κ1) is 22.8. The van der Waals surface area contributed by atoms with E-state index in [1.54, 1.807) is 0 Å². The lowest BCUT2D eigenvalue weighted by molar-refractivity contribution is -0.138. The highest BCUT2D eigenvalue weighted by Crippen LogP contribution is 2.30. The van der Waals surface area contributed by atoms with Crippen molar-refractivity contribution in [1.29, 1.82) is 0 Å². The van der Waals surface area contributed by atoms with Gasteiger partial charge in [0, 0.05) is 11.4 Å². The van der Waals surface area contributed by atoms with Gasteiger partial charge < -0.3 is 10.6 Å². The van der Waals surface area contributed by atoms with Crippen LogP contribution in [0.1, 0.15) is 32.1 Å². The van der Waals surface area contributed by atoms with Crippen molar-refractivity contribution in [3.63, 3.8) is 0 Å². The predicted molar refractivity (Wildman–Crippen MR) is 103 cm³/mol. The standard InChI is InChI=1S/C21H13F6N3O2/c22-20(23,24)12-4-8-14(9-5-12)28-18(31)16-2-1-3-17(30-16)19(32)29-15-10-6-13(7-11-15)21(25,26)27/h1-11H,(H,28,31)(H,29,32). The molecule has 0 bridgehead atoms. The number of hydrogen-bond acceptors (Lipinski definition) is 3. The lowest BCUT2D eigenvalue weighted by atomic mass is 10.2. The van der Waals surface area contributed by atoms with Crippen molar-refractivity contribution >= 4 is 23.2 Å². The van der Waals surface area contributed by atoms with Gasteiger partial charge in [0.2, 0.25) is 0 Å². The minimum Gasteiger partial charge on any atom is -0.321 e. The van der Waals surface area contributed by atoms with Crippen LogP contribution >= 0.6 is 0 Å². The fourth-order valence-electron chi connectivity index (χ4n) is 2.56. The molecule has 0 aliphatic carbocycles. The summed E-state index contributed by atoms with van der Waals surface area (Å²) in [7, 11) is 0. The molecule has 0 unspecified atom stereocenters. The number of aromatic nitrogens is 1. The van der Waals surface area contributed by atoms with Crippen LogP contribution in [0.2, 0.25) is 0 Å². The van der Waals surface area contributed by atoms with Gasteiger partial charge in [0.05, 0.1) is 11.1 Å². The molecular formula is C21H13F6N3O2. The van der Waals surface area contributed by atoms with Gasteiger partial charge in [-0.05, 0) is 60.7 Å². The number of pyridine rings is 1. The normalized spacial score (nSPS) is 11.7. The van der Waals surface area contributed by atoms with Gasteiger partial charge in [-0.25, -0.2) is 4.98 Å². The van der Waals surface area contributed by atoms with Crippen LogP contribution in [-0.4, -0.2) is 16.8 Å². The van der Waals surface area contributed by atoms with Gasteiger partial charge in [-0.15, -0.1) is 0 Å². The third-order valence-corrected chi connectivity index (χ3v) is 4.15. The molecule has 1 heterocycles. The molecule has 2 aromatic carbocycles. The number of nitrogens with zero attached hydrogens (tertiary/aromatic N) is 1. The molecule has 0 fully saturated rings. The van der Waals surface area contributed by atoms with Gasteiger partial charge >= 0.3 is 12.4 Å². The van der Waals surface area contributed by atoms with Crippen LogP contribution in [-0.2, 0) is 12.4 Å². The van der Waals surface area contributed by atoms with Crippen molar-refractivity contribution in [2.75, 3.05) is 10.6 Å². The third kappa shape index (κ3) is 5.62. The number of anilines is 2. The molecule has 5 nitrogen and oxygen atoms in total. The molecule has 166 valence electrons. The summed E-state index contributed by atoms with van der Waals surface area (Å²) in [6, 6.07) is 11.4. The molecule has 11 heteroatoms. The Hall–Kier alpha value is -3.89. The number of hydrogen-bond donors (Lipinski definition) is 2. The smallest absolute Gasteiger partial charge is 0.321 e. The largest absolute Gasteiger partial charge is 0.416 e. The maximum atomic E-state index is 12.6. The number of nitrogens with one attached hydrogen (secondary N) is 2. The average molecular weight is 453 g/mol. The van der Waals surface area contributed by atoms with Crippen LogP contribution in [0.25, 0.3) is 0 Å². The summed E-state index contributed by atoms with van der Waals surface area (Å²) in [6.07, 6.45) is -9.03. The Morgan fingerprint density at radius 2 is 0.938 bits per heavy atom. The zero-order chi connectivity index (χ0) is 23.5. The van der Waals surface area contributed by atoms with E-state index in [1.807, 2.05) is 0 Å². The molecule has 1 aromatic heterocycles. The van der Waals surface area contributed by atoms with E-state index in [-0.39, 0.29) is 22.8 Å². The van der Waals surface area contributed by atoms with Gasteiger partial charge in [0.15, 0.2) is 0 Å². The molecule has 0 spiro atoms. The first-order valence-corrected chi connectivity index (χ1v) is 8.88. The molecule has 0 saturated heterocycles. The van der Waals surface area contributed by atoms with Crippen molar-refractivity contribution in [2.45, 2.75) is 12.4 Å². The topological polar surface area (TPSA) is 71.1 Å². The summed E-state index contributed by atoms with van der Waals surface area (Å²) in [5, 5.41) is 4.73. The van der Waals surface area contributed by atoms with Gasteiger partial charge in [0.25, 0.3) is 11.8 Å². The van der Waals surface area contributed by atoms with Crippen LogP contribution in [0.4, 0.5) is 37.7 Å². The molecule has 32 heavy (non-hydrogen) atoms. The Morgan fingerprint density at radius 1 is 0.594 bits per heavy atom. The fourth-order valence-corrected chi connectivity index (χ4v) is 2.56. The SMILES string of the molecule is O=C(Nc1ccc(C(F)(F)F)cc1)c1cccc(C(=O)Nc2ccc(C(F)(F)F)cc2)n1. The summed E-state index contributed by atoms with van der Waals surface area (Å²) in [4.78, 5) is 28.5. The molecule has 2 N–H and O–H groups in total. The lowest BCUT2D eigenvalue weighted by Gasteiger charge is -2.10. The van der Waals surface area contributed by atoms with Gasteiger partial charge in [-0.2, -0.15) is 26.3 Å². The summed E-state index contributed by atoms with van der Waals surface area (Å²) in [5.41, 5.74) is -1.96. The Bertz CT molecular complexity index is 1040. The molecule has 3 aromatic rings. The van der Waals surface area contributed by atoms with E-state index in [4.69, 9.17) is 0 Å². The summed E-state index contributed by atoms with van der Waals surface area (Å²) < 4.78 is 75.7. The number of alkyl halides is 6. The minimum atomic E-state index is -4.52. The van der Waals surface area contributed by atoms with Crippen LogP contribution in [0.15, 0.2) is 66.7 Å². The first-order valence-electron chi connectivity index (χ1n) is 8.88. The number of amides is 2. The van der Waals surface area contributed by atoms with Gasteiger partial charge in [-0.1, -0.05) is 6.07 Å². The highest BCUT2D eigenvalue weighted by atomic mass is 19.4. The van der Waals surface area contributed by atoms with Gasteiger partial charge in [0.1, 0.15) is 11.4 Å². The molecular weight excluding hydrogens is 440 g/mol. The highest BCUT2D eigenvalue weighted by molar-refractivity contribution is 6.06. The number of carbonyl (C=O) groups is 2. The third-order valence-electron chi connectivity index (χ3n) is 4.15. The summed E-state index contributed by atoms with van der Waals surface area (Å²) >= 11 is 0. The van der Waals surface area contributed by atoms with E-state index in [0.29, 0.717) is 0 Å². The van der Waals surface area contributed by atoms with Crippen LogP contribution < -0.4 is 10.6 Å². The van der Waals surface area contributed by atoms with E-state index >= 15 is 0 Å². The zero-order valence-corrected chi connectivity index (χ0v) is 15.9. The minimum absolute atomic E-state index is 0.0874. The number of rotatable bonds is 4. The molecule has 2 amide bonds. The van der Waals surface area contributed by atoms with E-state index in [1.165, 1.54) is 18.2 Å².